The highest BCUT2D eigenvalue weighted by Crippen LogP contribution is 2.17. The number of carbonyl (C=O) groups is 1. The van der Waals surface area contributed by atoms with E-state index in [9.17, 15) is 4.79 Å². The van der Waals surface area contributed by atoms with E-state index in [-0.39, 0.29) is 5.91 Å². The molecule has 2 aromatic carbocycles. The Balaban J connectivity index is 1.58. The SMILES string of the molecule is COc1ccc(CNc2cccc(/C=C/C(=O)Nc3ccccc3N)n2)cc1. The van der Waals surface area contributed by atoms with Crippen LogP contribution < -0.4 is 21.1 Å². The minimum Gasteiger partial charge on any atom is -0.497 e. The monoisotopic (exact) mass is 374 g/mol. The first-order valence-electron chi connectivity index (χ1n) is 8.81. The zero-order valence-corrected chi connectivity index (χ0v) is 15.6. The minimum atomic E-state index is -0.267. The summed E-state index contributed by atoms with van der Waals surface area (Å²) in [5.41, 5.74) is 8.72. The number of nitrogen functional groups attached to an aromatic ring is 1. The molecule has 0 aliphatic carbocycles. The Hall–Kier alpha value is -3.80. The second kappa shape index (κ2) is 9.23. The molecule has 6 heteroatoms. The molecule has 0 radical (unpaired) electrons. The number of rotatable bonds is 7. The number of ether oxygens (including phenoxy) is 1. The number of nitrogens with one attached hydrogen (secondary N) is 2. The number of nitrogens with two attached hydrogens (primary N) is 1. The molecule has 0 aliphatic heterocycles. The van der Waals surface area contributed by atoms with E-state index in [4.69, 9.17) is 10.5 Å². The smallest absolute Gasteiger partial charge is 0.248 e. The maximum Gasteiger partial charge on any atom is 0.248 e. The van der Waals surface area contributed by atoms with Crippen LogP contribution in [0.4, 0.5) is 17.2 Å². The number of pyridine rings is 1. The van der Waals surface area contributed by atoms with Crippen LogP contribution in [0.2, 0.25) is 0 Å². The predicted octanol–water partition coefficient (Wildman–Crippen LogP) is 3.94. The fraction of sp³-hybridized carbons (Fsp3) is 0.0909. The molecule has 0 spiro atoms. The van der Waals surface area contributed by atoms with Crippen LogP contribution in [0.5, 0.6) is 5.75 Å². The van der Waals surface area contributed by atoms with Crippen LogP contribution in [0.1, 0.15) is 11.3 Å². The third-order valence-corrected chi connectivity index (χ3v) is 4.03. The third-order valence-electron chi connectivity index (χ3n) is 4.03. The van der Waals surface area contributed by atoms with Crippen LogP contribution in [0.25, 0.3) is 6.08 Å². The molecule has 3 aromatic rings. The predicted molar refractivity (Wildman–Crippen MR) is 113 cm³/mol. The summed E-state index contributed by atoms with van der Waals surface area (Å²) in [4.78, 5) is 16.6. The highest BCUT2D eigenvalue weighted by molar-refractivity contribution is 6.03. The number of aromatic nitrogens is 1. The van der Waals surface area contributed by atoms with E-state index in [2.05, 4.69) is 15.6 Å². The molecule has 1 heterocycles. The van der Waals surface area contributed by atoms with E-state index in [0.29, 0.717) is 23.6 Å². The number of anilines is 3. The zero-order valence-electron chi connectivity index (χ0n) is 15.6. The number of amides is 1. The molecule has 4 N–H and O–H groups in total. The van der Waals surface area contributed by atoms with Crippen LogP contribution >= 0.6 is 0 Å². The van der Waals surface area contributed by atoms with E-state index in [1.165, 1.54) is 6.08 Å². The number of carbonyl (C=O) groups excluding carboxylic acids is 1. The van der Waals surface area contributed by atoms with Gasteiger partial charge in [-0.2, -0.15) is 0 Å². The molecule has 0 saturated heterocycles. The molecule has 0 bridgehead atoms. The van der Waals surface area contributed by atoms with Gasteiger partial charge in [-0.15, -0.1) is 0 Å². The fourth-order valence-corrected chi connectivity index (χ4v) is 2.53. The first-order valence-corrected chi connectivity index (χ1v) is 8.81. The van der Waals surface area contributed by atoms with Crippen LogP contribution in [0.15, 0.2) is 72.8 Å². The molecule has 0 unspecified atom stereocenters. The van der Waals surface area contributed by atoms with Crippen LogP contribution in [0, 0.1) is 0 Å². The Morgan fingerprint density at radius 2 is 1.86 bits per heavy atom. The van der Waals surface area contributed by atoms with Gasteiger partial charge in [0.2, 0.25) is 5.91 Å². The topological polar surface area (TPSA) is 89.3 Å². The first kappa shape index (κ1) is 19.0. The number of hydrogen-bond acceptors (Lipinski definition) is 5. The van der Waals surface area contributed by atoms with Crippen molar-refractivity contribution in [1.82, 2.24) is 4.98 Å². The Kier molecular flexibility index (Phi) is 6.25. The summed E-state index contributed by atoms with van der Waals surface area (Å²) in [7, 11) is 1.64. The van der Waals surface area contributed by atoms with E-state index in [0.717, 1.165) is 17.1 Å². The zero-order chi connectivity index (χ0) is 19.8. The Morgan fingerprint density at radius 1 is 1.07 bits per heavy atom. The van der Waals surface area contributed by atoms with E-state index in [1.54, 1.807) is 25.3 Å². The Bertz CT molecular complexity index is 968. The summed E-state index contributed by atoms with van der Waals surface area (Å²) in [5.74, 6) is 1.28. The van der Waals surface area contributed by atoms with Crippen molar-refractivity contribution in [2.75, 3.05) is 23.5 Å². The van der Waals surface area contributed by atoms with Gasteiger partial charge in [0.15, 0.2) is 0 Å². The van der Waals surface area contributed by atoms with Gasteiger partial charge >= 0.3 is 0 Å². The summed E-state index contributed by atoms with van der Waals surface area (Å²) >= 11 is 0. The molecule has 1 aromatic heterocycles. The number of benzene rings is 2. The normalized spacial score (nSPS) is 10.6. The van der Waals surface area contributed by atoms with Crippen molar-refractivity contribution in [3.63, 3.8) is 0 Å². The van der Waals surface area contributed by atoms with Crippen molar-refractivity contribution >= 4 is 29.2 Å². The van der Waals surface area contributed by atoms with E-state index in [1.807, 2.05) is 54.6 Å². The van der Waals surface area contributed by atoms with Crippen molar-refractivity contribution in [2.45, 2.75) is 6.54 Å². The lowest BCUT2D eigenvalue weighted by atomic mass is 10.2. The van der Waals surface area contributed by atoms with Gasteiger partial charge in [0.1, 0.15) is 11.6 Å². The standard InChI is InChI=1S/C22H22N4O2/c1-28-18-12-9-16(10-13-18)15-24-21-8-4-5-17(25-21)11-14-22(27)26-20-7-3-2-6-19(20)23/h2-14H,15,23H2,1H3,(H,24,25)(H,26,27)/b14-11+. The highest BCUT2D eigenvalue weighted by Gasteiger charge is 2.02. The lowest BCUT2D eigenvalue weighted by Gasteiger charge is -2.07. The molecular formula is C22H22N4O2. The van der Waals surface area contributed by atoms with Gasteiger partial charge in [-0.1, -0.05) is 30.3 Å². The van der Waals surface area contributed by atoms with E-state index >= 15 is 0 Å². The first-order chi connectivity index (χ1) is 13.6. The van der Waals surface area contributed by atoms with Gasteiger partial charge in [0, 0.05) is 12.6 Å². The summed E-state index contributed by atoms with van der Waals surface area (Å²) in [6.07, 6.45) is 3.09. The van der Waals surface area contributed by atoms with Gasteiger partial charge in [0.25, 0.3) is 0 Å². The molecule has 1 amide bonds. The van der Waals surface area contributed by atoms with Gasteiger partial charge < -0.3 is 21.1 Å². The van der Waals surface area contributed by atoms with Gasteiger partial charge in [0.05, 0.1) is 24.2 Å². The molecule has 0 fully saturated rings. The third kappa shape index (κ3) is 5.35. The Labute approximate surface area is 164 Å². The average molecular weight is 374 g/mol. The number of hydrogen-bond donors (Lipinski definition) is 3. The van der Waals surface area contributed by atoms with E-state index < -0.39 is 0 Å². The highest BCUT2D eigenvalue weighted by atomic mass is 16.5. The molecule has 0 aliphatic rings. The molecule has 142 valence electrons. The molecule has 0 saturated carbocycles. The van der Waals surface area contributed by atoms with Crippen LogP contribution in [0.3, 0.4) is 0 Å². The summed E-state index contributed by atoms with van der Waals surface area (Å²) in [6.45, 7) is 0.637. The number of para-hydroxylation sites is 2. The molecule has 6 nitrogen and oxygen atoms in total. The molecule has 3 rings (SSSR count). The van der Waals surface area contributed by atoms with Crippen molar-refractivity contribution in [3.8, 4) is 5.75 Å². The lowest BCUT2D eigenvalue weighted by molar-refractivity contribution is -0.111. The molecular weight excluding hydrogens is 352 g/mol. The minimum absolute atomic E-state index is 0.267. The summed E-state index contributed by atoms with van der Waals surface area (Å²) in [5, 5.41) is 6.02. The Morgan fingerprint density at radius 3 is 2.61 bits per heavy atom. The quantitative estimate of drug-likeness (QED) is 0.431. The summed E-state index contributed by atoms with van der Waals surface area (Å²) < 4.78 is 5.16. The van der Waals surface area contributed by atoms with Crippen LogP contribution in [-0.4, -0.2) is 18.0 Å². The van der Waals surface area contributed by atoms with Crippen molar-refractivity contribution in [3.05, 3.63) is 84.1 Å². The van der Waals surface area contributed by atoms with Crippen molar-refractivity contribution in [1.29, 1.82) is 0 Å². The molecule has 0 atom stereocenters. The lowest BCUT2D eigenvalue weighted by Crippen LogP contribution is -2.09. The van der Waals surface area contributed by atoms with Gasteiger partial charge in [-0.25, -0.2) is 4.98 Å². The average Bonchev–Trinajstić information content (AvgIpc) is 2.73. The number of methoxy groups -OCH3 is 1. The summed E-state index contributed by atoms with van der Waals surface area (Å²) in [6, 6.07) is 20.5. The maximum absolute atomic E-state index is 12.1. The van der Waals surface area contributed by atoms with Crippen molar-refractivity contribution in [2.24, 2.45) is 0 Å². The van der Waals surface area contributed by atoms with Crippen molar-refractivity contribution < 1.29 is 9.53 Å². The van der Waals surface area contributed by atoms with Crippen LogP contribution in [-0.2, 0) is 11.3 Å². The maximum atomic E-state index is 12.1. The van der Waals surface area contributed by atoms with Gasteiger partial charge in [-0.3, -0.25) is 4.79 Å². The second-order valence-electron chi connectivity index (χ2n) is 6.06. The largest absolute Gasteiger partial charge is 0.497 e. The molecule has 28 heavy (non-hydrogen) atoms. The fourth-order valence-electron chi connectivity index (χ4n) is 2.53. The second-order valence-corrected chi connectivity index (χ2v) is 6.06. The number of nitrogens with zero attached hydrogens (tertiary/aromatic N) is 1. The van der Waals surface area contributed by atoms with Gasteiger partial charge in [-0.05, 0) is 48.0 Å².